The number of ether oxygens (including phenoxy) is 1. The van der Waals surface area contributed by atoms with Crippen LogP contribution in [0.5, 0.6) is 5.75 Å². The van der Waals surface area contributed by atoms with Crippen molar-refractivity contribution in [1.82, 2.24) is 0 Å². The lowest BCUT2D eigenvalue weighted by Crippen LogP contribution is -2.03. The molecule has 0 fully saturated rings. The van der Waals surface area contributed by atoms with Gasteiger partial charge in [0, 0.05) is 4.88 Å². The second kappa shape index (κ2) is 11.7. The van der Waals surface area contributed by atoms with E-state index in [1.54, 1.807) is 18.4 Å². The molecule has 4 heteroatoms. The lowest BCUT2D eigenvalue weighted by Gasteiger charge is -2.18. The molecule has 0 amide bonds. The second-order valence-corrected chi connectivity index (χ2v) is 9.35. The summed E-state index contributed by atoms with van der Waals surface area (Å²) in [5.74, 6) is 1.50. The van der Waals surface area contributed by atoms with Crippen molar-refractivity contribution in [1.29, 1.82) is 0 Å². The maximum absolute atomic E-state index is 10.4. The van der Waals surface area contributed by atoms with Crippen molar-refractivity contribution in [2.45, 2.75) is 70.8 Å². The minimum atomic E-state index is -0.378. The Bertz CT molecular complexity index is 806. The first kappa shape index (κ1) is 23.1. The zero-order valence-corrected chi connectivity index (χ0v) is 19.2. The van der Waals surface area contributed by atoms with Crippen LogP contribution in [0, 0.1) is 5.92 Å². The maximum Gasteiger partial charge on any atom is 0.132 e. The minimum Gasteiger partial charge on any atom is -0.496 e. The number of benzene rings is 1. The molecule has 1 aromatic heterocycles. The summed E-state index contributed by atoms with van der Waals surface area (Å²) in [6.45, 7) is 2.33. The van der Waals surface area contributed by atoms with Crippen molar-refractivity contribution in [3.63, 3.8) is 0 Å². The standard InChI is InChI=1S/C26H36O3S/c1-3-4-5-8-23(28)19-10-12-21(13-11-19)26-20(14-15-22(26)18-27)7-6-9-25-24(29-2)16-17-30-25/h10-13,16-17,20,23,27-28H,3-9,14-15,18H2,1-2H3/t20-,23?/m0/s1. The molecule has 3 nitrogen and oxygen atoms in total. The van der Waals surface area contributed by atoms with E-state index in [0.717, 1.165) is 56.3 Å². The summed E-state index contributed by atoms with van der Waals surface area (Å²) in [5, 5.41) is 22.4. The van der Waals surface area contributed by atoms with E-state index < -0.39 is 0 Å². The predicted molar refractivity (Wildman–Crippen MR) is 126 cm³/mol. The predicted octanol–water partition coefficient (Wildman–Crippen LogP) is 6.55. The summed E-state index contributed by atoms with van der Waals surface area (Å²) < 4.78 is 5.44. The molecule has 0 saturated heterocycles. The van der Waals surface area contributed by atoms with Gasteiger partial charge in [-0.3, -0.25) is 0 Å². The molecule has 164 valence electrons. The molecule has 0 spiro atoms. The molecule has 2 aromatic rings. The third kappa shape index (κ3) is 5.75. The molecule has 1 unspecified atom stereocenters. The van der Waals surface area contributed by atoms with Crippen LogP contribution in [0.4, 0.5) is 0 Å². The molecule has 1 aliphatic rings. The van der Waals surface area contributed by atoms with Crippen LogP contribution in [0.3, 0.4) is 0 Å². The average molecular weight is 429 g/mol. The molecule has 1 aliphatic carbocycles. The van der Waals surface area contributed by atoms with Crippen molar-refractivity contribution >= 4 is 16.9 Å². The van der Waals surface area contributed by atoms with Gasteiger partial charge in [0.2, 0.25) is 0 Å². The summed E-state index contributed by atoms with van der Waals surface area (Å²) in [4.78, 5) is 1.32. The number of allylic oxidation sites excluding steroid dienone is 1. The quantitative estimate of drug-likeness (QED) is 0.377. The topological polar surface area (TPSA) is 49.7 Å². The molecule has 3 rings (SSSR count). The van der Waals surface area contributed by atoms with Gasteiger partial charge >= 0.3 is 0 Å². The Balaban J connectivity index is 1.64. The van der Waals surface area contributed by atoms with Crippen LogP contribution in [-0.2, 0) is 6.42 Å². The summed E-state index contributed by atoms with van der Waals surface area (Å²) in [6, 6.07) is 10.5. The number of aliphatic hydroxyl groups is 2. The highest BCUT2D eigenvalue weighted by molar-refractivity contribution is 7.10. The number of thiophene rings is 1. The molecular formula is C26H36O3S. The van der Waals surface area contributed by atoms with E-state index >= 15 is 0 Å². The third-order valence-electron chi connectivity index (χ3n) is 6.34. The maximum atomic E-state index is 10.4. The van der Waals surface area contributed by atoms with E-state index in [2.05, 4.69) is 36.6 Å². The van der Waals surface area contributed by atoms with Gasteiger partial charge in [-0.2, -0.15) is 0 Å². The molecule has 0 radical (unpaired) electrons. The summed E-state index contributed by atoms with van der Waals surface area (Å²) in [5.41, 5.74) is 4.73. The fourth-order valence-corrected chi connectivity index (χ4v) is 5.54. The molecule has 1 heterocycles. The smallest absolute Gasteiger partial charge is 0.132 e. The zero-order valence-electron chi connectivity index (χ0n) is 18.4. The average Bonchev–Trinajstić information content (AvgIpc) is 3.40. The fourth-order valence-electron chi connectivity index (χ4n) is 4.65. The van der Waals surface area contributed by atoms with Crippen molar-refractivity contribution in [2.75, 3.05) is 13.7 Å². The third-order valence-corrected chi connectivity index (χ3v) is 7.31. The normalized spacial score (nSPS) is 17.5. The minimum absolute atomic E-state index is 0.145. The molecule has 0 aliphatic heterocycles. The van der Waals surface area contributed by atoms with Gasteiger partial charge in [0.05, 0.1) is 19.8 Å². The Kier molecular flexibility index (Phi) is 8.98. The van der Waals surface area contributed by atoms with Crippen LogP contribution in [0.1, 0.15) is 80.4 Å². The van der Waals surface area contributed by atoms with Gasteiger partial charge in [-0.05, 0) is 78.2 Å². The number of rotatable bonds is 12. The van der Waals surface area contributed by atoms with E-state index in [-0.39, 0.29) is 12.7 Å². The Morgan fingerprint density at radius 3 is 2.63 bits per heavy atom. The van der Waals surface area contributed by atoms with E-state index in [0.29, 0.717) is 5.92 Å². The SMILES string of the molecule is CCCCCC(O)c1ccc(C2=C(CO)CC[C@@H]2CCCc2sccc2OC)cc1. The van der Waals surface area contributed by atoms with Gasteiger partial charge in [0.1, 0.15) is 5.75 Å². The van der Waals surface area contributed by atoms with Crippen molar-refractivity contribution in [3.05, 3.63) is 57.3 Å². The molecule has 2 atom stereocenters. The largest absolute Gasteiger partial charge is 0.496 e. The van der Waals surface area contributed by atoms with Crippen LogP contribution in [0.25, 0.3) is 5.57 Å². The van der Waals surface area contributed by atoms with Crippen molar-refractivity contribution in [3.8, 4) is 5.75 Å². The monoisotopic (exact) mass is 428 g/mol. The Morgan fingerprint density at radius 1 is 1.13 bits per heavy atom. The number of hydrogen-bond donors (Lipinski definition) is 2. The molecule has 30 heavy (non-hydrogen) atoms. The van der Waals surface area contributed by atoms with Gasteiger partial charge in [-0.1, -0.05) is 50.5 Å². The van der Waals surface area contributed by atoms with Gasteiger partial charge in [0.25, 0.3) is 0 Å². The van der Waals surface area contributed by atoms with Gasteiger partial charge < -0.3 is 14.9 Å². The second-order valence-electron chi connectivity index (χ2n) is 8.35. The molecule has 2 N–H and O–H groups in total. The highest BCUT2D eigenvalue weighted by atomic mass is 32.1. The highest BCUT2D eigenvalue weighted by Gasteiger charge is 2.26. The van der Waals surface area contributed by atoms with Gasteiger partial charge in [-0.25, -0.2) is 0 Å². The number of methoxy groups -OCH3 is 1. The van der Waals surface area contributed by atoms with Crippen LogP contribution in [-0.4, -0.2) is 23.9 Å². The first-order valence-corrected chi connectivity index (χ1v) is 12.3. The highest BCUT2D eigenvalue weighted by Crippen LogP contribution is 2.42. The summed E-state index contributed by atoms with van der Waals surface area (Å²) in [7, 11) is 1.74. The van der Waals surface area contributed by atoms with Crippen LogP contribution < -0.4 is 4.74 Å². The summed E-state index contributed by atoms with van der Waals surface area (Å²) in [6.07, 6.45) is 9.25. The first-order chi connectivity index (χ1) is 14.7. The lowest BCUT2D eigenvalue weighted by molar-refractivity contribution is 0.163. The Labute approximate surface area is 185 Å². The molecule has 0 bridgehead atoms. The molecular weight excluding hydrogens is 392 g/mol. The van der Waals surface area contributed by atoms with Gasteiger partial charge in [0.15, 0.2) is 0 Å². The van der Waals surface area contributed by atoms with Gasteiger partial charge in [-0.15, -0.1) is 11.3 Å². The molecule has 0 saturated carbocycles. The van der Waals surface area contributed by atoms with E-state index in [9.17, 15) is 10.2 Å². The summed E-state index contributed by atoms with van der Waals surface area (Å²) >= 11 is 1.77. The lowest BCUT2D eigenvalue weighted by atomic mass is 9.88. The van der Waals surface area contributed by atoms with Crippen LogP contribution in [0.15, 0.2) is 41.3 Å². The number of unbranched alkanes of at least 4 members (excludes halogenated alkanes) is 2. The fraction of sp³-hybridized carbons (Fsp3) is 0.538. The van der Waals surface area contributed by atoms with Crippen molar-refractivity contribution in [2.24, 2.45) is 5.92 Å². The van der Waals surface area contributed by atoms with E-state index in [4.69, 9.17) is 4.74 Å². The number of aliphatic hydroxyl groups excluding tert-OH is 2. The van der Waals surface area contributed by atoms with E-state index in [1.807, 2.05) is 6.07 Å². The van der Waals surface area contributed by atoms with Crippen LogP contribution in [0.2, 0.25) is 0 Å². The Morgan fingerprint density at radius 2 is 1.93 bits per heavy atom. The van der Waals surface area contributed by atoms with Crippen LogP contribution >= 0.6 is 11.3 Å². The zero-order chi connectivity index (χ0) is 21.3. The number of aryl methyl sites for hydroxylation is 1. The van der Waals surface area contributed by atoms with Crippen molar-refractivity contribution < 1.29 is 14.9 Å². The number of hydrogen-bond acceptors (Lipinski definition) is 4. The first-order valence-electron chi connectivity index (χ1n) is 11.4. The Hall–Kier alpha value is -1.62. The van der Waals surface area contributed by atoms with E-state index in [1.165, 1.54) is 34.4 Å². The molecule has 1 aromatic carbocycles.